The molecule has 0 aliphatic heterocycles. The quantitative estimate of drug-likeness (QED) is 0.675. The molecule has 1 heteroatoms. The van der Waals surface area contributed by atoms with Crippen molar-refractivity contribution in [3.05, 3.63) is 28.8 Å². The molecule has 1 aromatic rings. The van der Waals surface area contributed by atoms with Gasteiger partial charge in [-0.25, -0.2) is 0 Å². The average molecular weight is 189 g/mol. The maximum absolute atomic E-state index is 5.93. The van der Waals surface area contributed by atoms with Gasteiger partial charge in [0.1, 0.15) is 0 Å². The summed E-state index contributed by atoms with van der Waals surface area (Å²) in [5.74, 6) is 0.879. The number of anilines is 1. The largest absolute Gasteiger partial charge is 0.399 e. The molecule has 0 amide bonds. The maximum Gasteiger partial charge on any atom is 0.0346 e. The fourth-order valence-electron chi connectivity index (χ4n) is 2.38. The Kier molecular flexibility index (Phi) is 2.49. The van der Waals surface area contributed by atoms with E-state index in [1.807, 2.05) is 0 Å². The summed E-state index contributed by atoms with van der Waals surface area (Å²) in [7, 11) is 0. The molecular weight excluding hydrogens is 170 g/mol. The molecule has 1 aliphatic carbocycles. The minimum atomic E-state index is 0.879. The fourth-order valence-corrected chi connectivity index (χ4v) is 2.38. The maximum atomic E-state index is 5.93. The molecule has 0 fully saturated rings. The van der Waals surface area contributed by atoms with Gasteiger partial charge in [-0.3, -0.25) is 0 Å². The zero-order valence-electron chi connectivity index (χ0n) is 9.14. The van der Waals surface area contributed by atoms with Crippen LogP contribution in [0.5, 0.6) is 0 Å². The van der Waals surface area contributed by atoms with Crippen LogP contribution < -0.4 is 5.73 Å². The molecule has 0 heterocycles. The number of aryl methyl sites for hydroxylation is 2. The van der Waals surface area contributed by atoms with Gasteiger partial charge in [0.05, 0.1) is 0 Å². The van der Waals surface area contributed by atoms with Gasteiger partial charge in [-0.15, -0.1) is 0 Å². The lowest BCUT2D eigenvalue weighted by Gasteiger charge is -2.24. The lowest BCUT2D eigenvalue weighted by Crippen LogP contribution is -2.14. The molecule has 0 saturated heterocycles. The summed E-state index contributed by atoms with van der Waals surface area (Å²) in [6.45, 7) is 4.38. The zero-order valence-corrected chi connectivity index (χ0v) is 9.14. The van der Waals surface area contributed by atoms with Gasteiger partial charge in [0.25, 0.3) is 0 Å². The van der Waals surface area contributed by atoms with Crippen LogP contribution >= 0.6 is 0 Å². The second kappa shape index (κ2) is 3.64. The third kappa shape index (κ3) is 1.63. The predicted octanol–water partition coefficient (Wildman–Crippen LogP) is 3.09. The van der Waals surface area contributed by atoms with E-state index >= 15 is 0 Å². The minimum Gasteiger partial charge on any atom is -0.399 e. The summed E-state index contributed by atoms with van der Waals surface area (Å²) in [5, 5.41) is 0. The third-order valence-corrected chi connectivity index (χ3v) is 3.50. The topological polar surface area (TPSA) is 26.0 Å². The Morgan fingerprint density at radius 2 is 2.14 bits per heavy atom. The van der Waals surface area contributed by atoms with Crippen LogP contribution in [0, 0.1) is 12.8 Å². The smallest absolute Gasteiger partial charge is 0.0346 e. The molecule has 0 saturated carbocycles. The highest BCUT2D eigenvalue weighted by molar-refractivity contribution is 5.52. The van der Waals surface area contributed by atoms with Crippen LogP contribution in [-0.4, -0.2) is 0 Å². The van der Waals surface area contributed by atoms with Crippen molar-refractivity contribution in [2.24, 2.45) is 5.92 Å². The molecule has 0 bridgehead atoms. The second-order valence-corrected chi connectivity index (χ2v) is 4.49. The Hall–Kier alpha value is -0.980. The van der Waals surface area contributed by atoms with Gasteiger partial charge in [-0.05, 0) is 54.9 Å². The molecule has 14 heavy (non-hydrogen) atoms. The van der Waals surface area contributed by atoms with Crippen molar-refractivity contribution in [1.82, 2.24) is 0 Å². The van der Waals surface area contributed by atoms with Crippen LogP contribution in [0.3, 0.4) is 0 Å². The Morgan fingerprint density at radius 1 is 1.36 bits per heavy atom. The third-order valence-electron chi connectivity index (χ3n) is 3.50. The van der Waals surface area contributed by atoms with E-state index in [4.69, 9.17) is 5.73 Å². The van der Waals surface area contributed by atoms with E-state index in [-0.39, 0.29) is 0 Å². The summed E-state index contributed by atoms with van der Waals surface area (Å²) >= 11 is 0. The number of benzene rings is 1. The Labute approximate surface area is 86.3 Å². The molecule has 1 nitrogen and oxygen atoms in total. The minimum absolute atomic E-state index is 0.879. The molecule has 2 rings (SSSR count). The first-order valence-corrected chi connectivity index (χ1v) is 5.58. The highest BCUT2D eigenvalue weighted by Gasteiger charge is 2.17. The van der Waals surface area contributed by atoms with E-state index in [1.165, 1.54) is 42.4 Å². The molecule has 1 unspecified atom stereocenters. The van der Waals surface area contributed by atoms with E-state index in [1.54, 1.807) is 0 Å². The molecule has 1 atom stereocenters. The fraction of sp³-hybridized carbons (Fsp3) is 0.538. The van der Waals surface area contributed by atoms with Crippen LogP contribution in [-0.2, 0) is 12.8 Å². The van der Waals surface area contributed by atoms with Crippen molar-refractivity contribution in [3.63, 3.8) is 0 Å². The lowest BCUT2D eigenvalue weighted by molar-refractivity contribution is 0.445. The molecule has 0 radical (unpaired) electrons. The monoisotopic (exact) mass is 189 g/mol. The van der Waals surface area contributed by atoms with E-state index in [9.17, 15) is 0 Å². The number of fused-ring (bicyclic) bond motifs is 1. The van der Waals surface area contributed by atoms with Crippen LogP contribution in [0.1, 0.15) is 36.5 Å². The van der Waals surface area contributed by atoms with Gasteiger partial charge in [0.2, 0.25) is 0 Å². The van der Waals surface area contributed by atoms with E-state index in [0.717, 1.165) is 11.6 Å². The van der Waals surface area contributed by atoms with Gasteiger partial charge < -0.3 is 5.73 Å². The van der Waals surface area contributed by atoms with Gasteiger partial charge in [-0.2, -0.15) is 0 Å². The number of hydrogen-bond acceptors (Lipinski definition) is 1. The van der Waals surface area contributed by atoms with Crippen LogP contribution in [0.25, 0.3) is 0 Å². The van der Waals surface area contributed by atoms with Gasteiger partial charge in [0.15, 0.2) is 0 Å². The van der Waals surface area contributed by atoms with Crippen LogP contribution in [0.4, 0.5) is 5.69 Å². The SMILES string of the molecule is CCC1CCc2cc(C)c(N)cc2C1. The second-order valence-electron chi connectivity index (χ2n) is 4.49. The number of nitrogens with two attached hydrogens (primary N) is 1. The number of hydrogen-bond donors (Lipinski definition) is 1. The van der Waals surface area contributed by atoms with Crippen LogP contribution in [0.15, 0.2) is 12.1 Å². The summed E-state index contributed by atoms with van der Waals surface area (Å²) in [5.41, 5.74) is 11.1. The summed E-state index contributed by atoms with van der Waals surface area (Å²) in [4.78, 5) is 0. The van der Waals surface area contributed by atoms with Crippen molar-refractivity contribution in [1.29, 1.82) is 0 Å². The molecule has 76 valence electrons. The first kappa shape index (κ1) is 9.57. The summed E-state index contributed by atoms with van der Waals surface area (Å²) in [6.07, 6.45) is 5.13. The number of nitrogen functional groups attached to an aromatic ring is 1. The van der Waals surface area contributed by atoms with Crippen molar-refractivity contribution in [2.45, 2.75) is 39.5 Å². The van der Waals surface area contributed by atoms with E-state index < -0.39 is 0 Å². The predicted molar refractivity (Wildman–Crippen MR) is 61.4 cm³/mol. The Bertz CT molecular complexity index is 341. The summed E-state index contributed by atoms with van der Waals surface area (Å²) < 4.78 is 0. The molecule has 0 spiro atoms. The van der Waals surface area contributed by atoms with Crippen molar-refractivity contribution < 1.29 is 0 Å². The lowest BCUT2D eigenvalue weighted by atomic mass is 9.82. The highest BCUT2D eigenvalue weighted by atomic mass is 14.6. The Morgan fingerprint density at radius 3 is 2.86 bits per heavy atom. The molecular formula is C13H19N. The van der Waals surface area contributed by atoms with Crippen molar-refractivity contribution in [2.75, 3.05) is 5.73 Å². The molecule has 1 aromatic carbocycles. The average Bonchev–Trinajstić information content (AvgIpc) is 2.19. The standard InChI is InChI=1S/C13H19N/c1-3-10-4-5-11-6-9(2)13(14)8-12(11)7-10/h6,8,10H,3-5,7,14H2,1-2H3. The normalized spacial score (nSPS) is 20.6. The zero-order chi connectivity index (χ0) is 10.1. The van der Waals surface area contributed by atoms with Gasteiger partial charge >= 0.3 is 0 Å². The van der Waals surface area contributed by atoms with Gasteiger partial charge in [-0.1, -0.05) is 19.4 Å². The summed E-state index contributed by atoms with van der Waals surface area (Å²) in [6, 6.07) is 4.46. The van der Waals surface area contributed by atoms with Crippen molar-refractivity contribution in [3.8, 4) is 0 Å². The molecule has 2 N–H and O–H groups in total. The first-order valence-electron chi connectivity index (χ1n) is 5.58. The first-order chi connectivity index (χ1) is 6.70. The Balaban J connectivity index is 2.33. The van der Waals surface area contributed by atoms with Crippen LogP contribution in [0.2, 0.25) is 0 Å². The molecule has 1 aliphatic rings. The number of rotatable bonds is 1. The van der Waals surface area contributed by atoms with E-state index in [2.05, 4.69) is 26.0 Å². The van der Waals surface area contributed by atoms with Gasteiger partial charge in [0, 0.05) is 5.69 Å². The molecule has 0 aromatic heterocycles. The van der Waals surface area contributed by atoms with E-state index in [0.29, 0.717) is 0 Å². The van der Waals surface area contributed by atoms with Crippen molar-refractivity contribution >= 4 is 5.69 Å². The highest BCUT2D eigenvalue weighted by Crippen LogP contribution is 2.30.